The van der Waals surface area contributed by atoms with Crippen LogP contribution in [0.15, 0.2) is 0 Å². The summed E-state index contributed by atoms with van der Waals surface area (Å²) in [7, 11) is 0. The molecular formula is C8H12O7. The normalized spacial score (nSPS) is 35.7. The highest BCUT2D eigenvalue weighted by molar-refractivity contribution is 5.93. The minimum atomic E-state index is -2.89. The lowest BCUT2D eigenvalue weighted by Crippen LogP contribution is -2.41. The molecule has 1 heterocycles. The SMILES string of the molecule is CCC(C)OC(=O)[C@]1(O)O[C@@]1(O)C(=O)O. The van der Waals surface area contributed by atoms with Crippen molar-refractivity contribution in [3.63, 3.8) is 0 Å². The Balaban J connectivity index is 2.67. The Morgan fingerprint density at radius 3 is 2.27 bits per heavy atom. The maximum atomic E-state index is 11.2. The third kappa shape index (κ3) is 1.69. The van der Waals surface area contributed by atoms with Crippen LogP contribution in [0.1, 0.15) is 20.3 Å². The summed E-state index contributed by atoms with van der Waals surface area (Å²) in [6.07, 6.45) is -0.00314. The summed E-state index contributed by atoms with van der Waals surface area (Å²) in [6.45, 7) is 3.29. The number of aliphatic hydroxyl groups is 2. The highest BCUT2D eigenvalue weighted by Gasteiger charge is 2.82. The van der Waals surface area contributed by atoms with Gasteiger partial charge < -0.3 is 20.1 Å². The number of epoxide rings is 1. The van der Waals surface area contributed by atoms with E-state index in [0.717, 1.165) is 0 Å². The van der Waals surface area contributed by atoms with E-state index in [0.29, 0.717) is 6.42 Å². The van der Waals surface area contributed by atoms with E-state index in [1.165, 1.54) is 0 Å². The van der Waals surface area contributed by atoms with Gasteiger partial charge in [-0.05, 0) is 13.3 Å². The van der Waals surface area contributed by atoms with Gasteiger partial charge in [-0.3, -0.25) is 4.74 Å². The van der Waals surface area contributed by atoms with Crippen molar-refractivity contribution in [1.82, 2.24) is 0 Å². The van der Waals surface area contributed by atoms with Crippen molar-refractivity contribution < 1.29 is 34.4 Å². The van der Waals surface area contributed by atoms with E-state index in [2.05, 4.69) is 9.47 Å². The third-order valence-corrected chi connectivity index (χ3v) is 2.16. The zero-order valence-electron chi connectivity index (χ0n) is 8.26. The molecule has 0 aliphatic carbocycles. The second kappa shape index (κ2) is 3.44. The average molecular weight is 220 g/mol. The third-order valence-electron chi connectivity index (χ3n) is 2.16. The average Bonchev–Trinajstić information content (AvgIpc) is 2.72. The van der Waals surface area contributed by atoms with E-state index in [1.807, 2.05) is 0 Å². The second-order valence-electron chi connectivity index (χ2n) is 3.32. The fourth-order valence-electron chi connectivity index (χ4n) is 0.903. The van der Waals surface area contributed by atoms with Crippen LogP contribution in [0.5, 0.6) is 0 Å². The Bertz CT molecular complexity index is 301. The first-order valence-corrected chi connectivity index (χ1v) is 4.37. The first-order valence-electron chi connectivity index (χ1n) is 4.37. The van der Waals surface area contributed by atoms with Crippen molar-refractivity contribution in [3.8, 4) is 0 Å². The number of aliphatic carboxylic acids is 1. The van der Waals surface area contributed by atoms with Gasteiger partial charge in [0.05, 0.1) is 6.10 Å². The predicted molar refractivity (Wildman–Crippen MR) is 44.5 cm³/mol. The minimum absolute atomic E-state index is 0.493. The molecule has 7 nitrogen and oxygen atoms in total. The number of rotatable bonds is 4. The van der Waals surface area contributed by atoms with Crippen LogP contribution < -0.4 is 0 Å². The molecule has 0 spiro atoms. The molecule has 3 atom stereocenters. The van der Waals surface area contributed by atoms with Gasteiger partial charge >= 0.3 is 23.5 Å². The van der Waals surface area contributed by atoms with Crippen LogP contribution >= 0.6 is 0 Å². The van der Waals surface area contributed by atoms with Gasteiger partial charge in [0.25, 0.3) is 0 Å². The van der Waals surface area contributed by atoms with Crippen molar-refractivity contribution in [1.29, 1.82) is 0 Å². The Morgan fingerprint density at radius 1 is 1.40 bits per heavy atom. The highest BCUT2D eigenvalue weighted by atomic mass is 16.9. The Morgan fingerprint density at radius 2 is 1.93 bits per heavy atom. The number of ether oxygens (including phenoxy) is 2. The summed E-state index contributed by atoms with van der Waals surface area (Å²) in [6, 6.07) is 0. The number of carboxylic acids is 1. The second-order valence-corrected chi connectivity index (χ2v) is 3.32. The van der Waals surface area contributed by atoms with Gasteiger partial charge in [-0.15, -0.1) is 0 Å². The lowest BCUT2D eigenvalue weighted by atomic mass is 10.2. The van der Waals surface area contributed by atoms with Crippen LogP contribution in [0.25, 0.3) is 0 Å². The molecule has 15 heavy (non-hydrogen) atoms. The molecule has 1 unspecified atom stereocenters. The molecule has 0 aromatic rings. The molecule has 86 valence electrons. The lowest BCUT2D eigenvalue weighted by Gasteiger charge is -2.12. The summed E-state index contributed by atoms with van der Waals surface area (Å²) in [4.78, 5) is 21.6. The molecule has 7 heteroatoms. The molecule has 1 fully saturated rings. The highest BCUT2D eigenvalue weighted by Crippen LogP contribution is 2.45. The van der Waals surface area contributed by atoms with Crippen LogP contribution in [0, 0.1) is 0 Å². The van der Waals surface area contributed by atoms with E-state index in [4.69, 9.17) is 10.2 Å². The van der Waals surface area contributed by atoms with Crippen molar-refractivity contribution in [2.75, 3.05) is 0 Å². The van der Waals surface area contributed by atoms with Crippen LogP contribution in [0.3, 0.4) is 0 Å². The molecule has 0 amide bonds. The van der Waals surface area contributed by atoms with Gasteiger partial charge in [-0.25, -0.2) is 9.59 Å². The number of carbonyl (C=O) groups excluding carboxylic acids is 1. The quantitative estimate of drug-likeness (QED) is 0.403. The zero-order valence-corrected chi connectivity index (χ0v) is 8.26. The summed E-state index contributed by atoms with van der Waals surface area (Å²) in [5.74, 6) is -8.83. The maximum absolute atomic E-state index is 11.2. The van der Waals surface area contributed by atoms with E-state index in [-0.39, 0.29) is 0 Å². The van der Waals surface area contributed by atoms with Gasteiger partial charge in [-0.2, -0.15) is 0 Å². The number of hydrogen-bond acceptors (Lipinski definition) is 6. The predicted octanol–water partition coefficient (Wildman–Crippen LogP) is -1.18. The minimum Gasteiger partial charge on any atom is -0.477 e. The summed E-state index contributed by atoms with van der Waals surface area (Å²) >= 11 is 0. The molecule has 1 aliphatic rings. The number of carboxylic acid groups (broad SMARTS) is 1. The van der Waals surface area contributed by atoms with Gasteiger partial charge in [-0.1, -0.05) is 6.92 Å². The van der Waals surface area contributed by atoms with E-state index < -0.39 is 29.6 Å². The topological polar surface area (TPSA) is 117 Å². The molecule has 0 saturated carbocycles. The molecule has 1 aliphatic heterocycles. The molecule has 0 radical (unpaired) electrons. The largest absolute Gasteiger partial charge is 0.477 e. The van der Waals surface area contributed by atoms with Gasteiger partial charge in [0, 0.05) is 0 Å². The molecule has 3 N–H and O–H groups in total. The molecule has 0 aromatic carbocycles. The smallest absolute Gasteiger partial charge is 0.373 e. The number of esters is 1. The van der Waals surface area contributed by atoms with Crippen LogP contribution in [-0.4, -0.2) is 44.9 Å². The Labute approximate surface area is 85.2 Å². The number of hydrogen-bond donors (Lipinski definition) is 3. The van der Waals surface area contributed by atoms with Crippen molar-refractivity contribution in [2.45, 2.75) is 37.9 Å². The molecule has 0 bridgehead atoms. The van der Waals surface area contributed by atoms with Gasteiger partial charge in [0.2, 0.25) is 0 Å². The standard InChI is InChI=1S/C8H12O7/c1-3-4(2)14-6(11)8(13)7(12,15-8)5(9)10/h4,12-13H,3H2,1-2H3,(H,9,10)/t4?,7-,8-/m0/s1. The van der Waals surface area contributed by atoms with Crippen molar-refractivity contribution >= 4 is 11.9 Å². The maximum Gasteiger partial charge on any atom is 0.373 e. The van der Waals surface area contributed by atoms with E-state index >= 15 is 0 Å². The monoisotopic (exact) mass is 220 g/mol. The van der Waals surface area contributed by atoms with Crippen LogP contribution in [0.2, 0.25) is 0 Å². The first kappa shape index (κ1) is 11.9. The Hall–Kier alpha value is -1.18. The summed E-state index contributed by atoms with van der Waals surface area (Å²) in [5.41, 5.74) is 0. The summed E-state index contributed by atoms with van der Waals surface area (Å²) in [5, 5.41) is 26.9. The number of carbonyl (C=O) groups is 2. The van der Waals surface area contributed by atoms with Crippen LogP contribution in [0.4, 0.5) is 0 Å². The first-order chi connectivity index (χ1) is 6.78. The van der Waals surface area contributed by atoms with Crippen LogP contribution in [-0.2, 0) is 19.1 Å². The fourth-order valence-corrected chi connectivity index (χ4v) is 0.903. The zero-order chi connectivity index (χ0) is 11.9. The fraction of sp³-hybridized carbons (Fsp3) is 0.750. The van der Waals surface area contributed by atoms with E-state index in [9.17, 15) is 14.7 Å². The molecule has 1 saturated heterocycles. The molecular weight excluding hydrogens is 208 g/mol. The van der Waals surface area contributed by atoms with E-state index in [1.54, 1.807) is 13.8 Å². The van der Waals surface area contributed by atoms with Crippen molar-refractivity contribution in [3.05, 3.63) is 0 Å². The van der Waals surface area contributed by atoms with Gasteiger partial charge in [0.15, 0.2) is 0 Å². The van der Waals surface area contributed by atoms with Crippen molar-refractivity contribution in [2.24, 2.45) is 0 Å². The van der Waals surface area contributed by atoms with Gasteiger partial charge in [0.1, 0.15) is 0 Å². The molecule has 1 rings (SSSR count). The lowest BCUT2D eigenvalue weighted by molar-refractivity contribution is -0.174. The summed E-state index contributed by atoms with van der Waals surface area (Å²) < 4.78 is 8.73. The molecule has 0 aromatic heterocycles. The Kier molecular flexibility index (Phi) is 2.73.